The lowest BCUT2D eigenvalue weighted by Gasteiger charge is -2.30. The highest BCUT2D eigenvalue weighted by Crippen LogP contribution is 2.50. The van der Waals surface area contributed by atoms with Crippen LogP contribution in [0.3, 0.4) is 0 Å². The molecule has 4 rings (SSSR count). The molecule has 3 heterocycles. The molecule has 8 heteroatoms. The van der Waals surface area contributed by atoms with Crippen LogP contribution in [0.2, 0.25) is 0 Å². The van der Waals surface area contributed by atoms with Gasteiger partial charge in [-0.1, -0.05) is 12.8 Å². The van der Waals surface area contributed by atoms with Gasteiger partial charge in [0.05, 0.1) is 6.61 Å². The average Bonchev–Trinajstić information content (AvgIpc) is 3.22. The van der Waals surface area contributed by atoms with Crippen LogP contribution in [0.25, 0.3) is 0 Å². The van der Waals surface area contributed by atoms with Gasteiger partial charge in [-0.3, -0.25) is 14.4 Å². The molecule has 0 bridgehead atoms. The molecular weight excluding hydrogens is 374 g/mol. The van der Waals surface area contributed by atoms with Gasteiger partial charge in [0.2, 0.25) is 17.7 Å². The van der Waals surface area contributed by atoms with E-state index in [4.69, 9.17) is 4.74 Å². The van der Waals surface area contributed by atoms with Crippen LogP contribution >= 0.6 is 0 Å². The molecule has 1 saturated carbocycles. The first-order valence-corrected chi connectivity index (χ1v) is 11.0. The van der Waals surface area contributed by atoms with Gasteiger partial charge in [-0.25, -0.2) is 4.79 Å². The second kappa shape index (κ2) is 8.32. The van der Waals surface area contributed by atoms with E-state index in [1.807, 2.05) is 0 Å². The molecule has 2 N–H and O–H groups in total. The van der Waals surface area contributed by atoms with Crippen LogP contribution in [-0.2, 0) is 23.9 Å². The van der Waals surface area contributed by atoms with Crippen molar-refractivity contribution in [1.82, 2.24) is 15.5 Å². The van der Waals surface area contributed by atoms with E-state index in [1.54, 1.807) is 11.8 Å². The SMILES string of the molecule is CCOC(=O)C1CC2C(=O)NCC2CCCCCC(=O)N2CC3CC3C2C(=O)N1. The van der Waals surface area contributed by atoms with Crippen LogP contribution in [0.5, 0.6) is 0 Å². The summed E-state index contributed by atoms with van der Waals surface area (Å²) in [6, 6.07) is -1.36. The maximum atomic E-state index is 13.1. The van der Waals surface area contributed by atoms with Gasteiger partial charge in [0, 0.05) is 25.4 Å². The van der Waals surface area contributed by atoms with E-state index in [0.717, 1.165) is 32.1 Å². The van der Waals surface area contributed by atoms with Crippen molar-refractivity contribution in [2.45, 2.75) is 64.0 Å². The summed E-state index contributed by atoms with van der Waals surface area (Å²) in [6.45, 7) is 3.18. The number of piperidine rings is 1. The van der Waals surface area contributed by atoms with Gasteiger partial charge in [0.25, 0.3) is 0 Å². The summed E-state index contributed by atoms with van der Waals surface area (Å²) in [6.07, 6.45) is 5.22. The molecule has 3 aliphatic heterocycles. The van der Waals surface area contributed by atoms with Crippen molar-refractivity contribution in [3.05, 3.63) is 0 Å². The average molecular weight is 405 g/mol. The van der Waals surface area contributed by atoms with Gasteiger partial charge in [-0.15, -0.1) is 0 Å². The predicted molar refractivity (Wildman–Crippen MR) is 103 cm³/mol. The minimum atomic E-state index is -0.864. The number of carbonyl (C=O) groups excluding carboxylic acids is 4. The van der Waals surface area contributed by atoms with E-state index < -0.39 is 18.1 Å². The second-order valence-corrected chi connectivity index (χ2v) is 8.91. The van der Waals surface area contributed by atoms with E-state index in [9.17, 15) is 19.2 Å². The zero-order chi connectivity index (χ0) is 20.5. The molecule has 1 aliphatic carbocycles. The Morgan fingerprint density at radius 1 is 1.10 bits per heavy atom. The molecule has 6 atom stereocenters. The molecule has 29 heavy (non-hydrogen) atoms. The highest BCUT2D eigenvalue weighted by molar-refractivity contribution is 5.92. The highest BCUT2D eigenvalue weighted by Gasteiger charge is 2.57. The van der Waals surface area contributed by atoms with Crippen molar-refractivity contribution in [2.75, 3.05) is 19.7 Å². The second-order valence-electron chi connectivity index (χ2n) is 8.91. The molecule has 8 nitrogen and oxygen atoms in total. The number of hydrogen-bond donors (Lipinski definition) is 2. The first-order valence-electron chi connectivity index (χ1n) is 11.0. The van der Waals surface area contributed by atoms with Crippen molar-refractivity contribution < 1.29 is 23.9 Å². The lowest BCUT2D eigenvalue weighted by Crippen LogP contribution is -2.53. The summed E-state index contributed by atoms with van der Waals surface area (Å²) in [5, 5.41) is 5.76. The number of rotatable bonds is 2. The maximum absolute atomic E-state index is 13.1. The van der Waals surface area contributed by atoms with E-state index in [-0.39, 0.29) is 48.5 Å². The Kier molecular flexibility index (Phi) is 5.79. The number of ether oxygens (including phenoxy) is 1. The third-order valence-electron chi connectivity index (χ3n) is 7.03. The Hall–Kier alpha value is -2.12. The summed E-state index contributed by atoms with van der Waals surface area (Å²) in [5.74, 6) is -0.367. The van der Waals surface area contributed by atoms with Crippen LogP contribution in [0.15, 0.2) is 0 Å². The van der Waals surface area contributed by atoms with Crippen LogP contribution in [0.4, 0.5) is 0 Å². The number of fused-ring (bicyclic) bond motifs is 4. The zero-order valence-corrected chi connectivity index (χ0v) is 17.0. The van der Waals surface area contributed by atoms with Crippen LogP contribution in [0, 0.1) is 23.7 Å². The summed E-state index contributed by atoms with van der Waals surface area (Å²) >= 11 is 0. The Bertz CT molecular complexity index is 696. The standard InChI is InChI=1S/C21H31N3O5/c1-2-29-21(28)16-9-15-12(10-22-19(15)26)6-4-3-5-7-17(25)24-11-13-8-14(13)18(24)20(27)23-16/h12-16,18H,2-11H2,1H3,(H,22,26)(H,23,27). The smallest absolute Gasteiger partial charge is 0.328 e. The highest BCUT2D eigenvalue weighted by atomic mass is 16.5. The first kappa shape index (κ1) is 20.2. The van der Waals surface area contributed by atoms with E-state index in [1.165, 1.54) is 0 Å². The fourth-order valence-electron chi connectivity index (χ4n) is 5.35. The number of hydrogen-bond acceptors (Lipinski definition) is 5. The van der Waals surface area contributed by atoms with Crippen molar-refractivity contribution >= 4 is 23.7 Å². The summed E-state index contributed by atoms with van der Waals surface area (Å²) < 4.78 is 5.19. The third kappa shape index (κ3) is 4.12. The fourth-order valence-corrected chi connectivity index (χ4v) is 5.35. The lowest BCUT2D eigenvalue weighted by molar-refractivity contribution is -0.149. The Morgan fingerprint density at radius 3 is 2.72 bits per heavy atom. The molecule has 6 unspecified atom stereocenters. The van der Waals surface area contributed by atoms with Crippen molar-refractivity contribution in [2.24, 2.45) is 23.7 Å². The number of esters is 1. The number of carbonyl (C=O) groups is 4. The van der Waals surface area contributed by atoms with Gasteiger partial charge in [0.15, 0.2) is 0 Å². The van der Waals surface area contributed by atoms with Gasteiger partial charge >= 0.3 is 5.97 Å². The van der Waals surface area contributed by atoms with Crippen molar-refractivity contribution in [3.8, 4) is 0 Å². The summed E-state index contributed by atoms with van der Waals surface area (Å²) in [7, 11) is 0. The fraction of sp³-hybridized carbons (Fsp3) is 0.810. The van der Waals surface area contributed by atoms with Gasteiger partial charge in [0.1, 0.15) is 12.1 Å². The Balaban J connectivity index is 1.56. The molecule has 0 aromatic rings. The third-order valence-corrected chi connectivity index (χ3v) is 7.03. The Labute approximate surface area is 171 Å². The molecule has 0 aromatic carbocycles. The molecule has 3 saturated heterocycles. The first-order chi connectivity index (χ1) is 14.0. The molecule has 0 radical (unpaired) electrons. The minimum absolute atomic E-state index is 0.0395. The van der Waals surface area contributed by atoms with Crippen LogP contribution in [0.1, 0.15) is 51.9 Å². The van der Waals surface area contributed by atoms with E-state index in [0.29, 0.717) is 25.4 Å². The molecule has 0 spiro atoms. The largest absolute Gasteiger partial charge is 0.464 e. The molecule has 4 aliphatic rings. The van der Waals surface area contributed by atoms with Crippen molar-refractivity contribution in [1.29, 1.82) is 0 Å². The maximum Gasteiger partial charge on any atom is 0.328 e. The molecular formula is C21H31N3O5. The molecule has 160 valence electrons. The Morgan fingerprint density at radius 2 is 1.93 bits per heavy atom. The topological polar surface area (TPSA) is 105 Å². The molecule has 3 amide bonds. The predicted octanol–water partition coefficient (Wildman–Crippen LogP) is 0.598. The summed E-state index contributed by atoms with van der Waals surface area (Å²) in [5.41, 5.74) is 0. The zero-order valence-electron chi connectivity index (χ0n) is 17.0. The normalized spacial score (nSPS) is 37.6. The quantitative estimate of drug-likeness (QED) is 0.655. The number of amides is 3. The number of nitrogens with one attached hydrogen (secondary N) is 2. The summed E-state index contributed by atoms with van der Waals surface area (Å²) in [4.78, 5) is 52.6. The lowest BCUT2D eigenvalue weighted by atomic mass is 9.85. The van der Waals surface area contributed by atoms with Crippen LogP contribution in [-0.4, -0.2) is 60.4 Å². The van der Waals surface area contributed by atoms with E-state index in [2.05, 4.69) is 10.6 Å². The molecule has 4 fully saturated rings. The monoisotopic (exact) mass is 405 g/mol. The van der Waals surface area contributed by atoms with Crippen LogP contribution < -0.4 is 10.6 Å². The van der Waals surface area contributed by atoms with E-state index >= 15 is 0 Å². The van der Waals surface area contributed by atoms with Crippen molar-refractivity contribution in [3.63, 3.8) is 0 Å². The minimum Gasteiger partial charge on any atom is -0.464 e. The molecule has 0 aromatic heterocycles. The van der Waals surface area contributed by atoms with Gasteiger partial charge < -0.3 is 20.3 Å². The number of nitrogens with zero attached hydrogens (tertiary/aromatic N) is 1. The van der Waals surface area contributed by atoms with Gasteiger partial charge in [-0.05, 0) is 50.4 Å². The van der Waals surface area contributed by atoms with Gasteiger partial charge in [-0.2, -0.15) is 0 Å².